The van der Waals surface area contributed by atoms with E-state index in [0.29, 0.717) is 22.5 Å². The highest BCUT2D eigenvalue weighted by Crippen LogP contribution is 2.27. The number of allylic oxidation sites excluding steroid dienone is 1. The number of H-pyrrole nitrogens is 1. The van der Waals surface area contributed by atoms with E-state index in [1.54, 1.807) is 42.3 Å². The first-order valence-electron chi connectivity index (χ1n) is 10.5. The molecular formula is C27H21N3O3. The van der Waals surface area contributed by atoms with E-state index >= 15 is 0 Å². The highest BCUT2D eigenvalue weighted by molar-refractivity contribution is 6.25. The second kappa shape index (κ2) is 7.91. The summed E-state index contributed by atoms with van der Waals surface area (Å²) in [4.78, 5) is 42.3. The molecule has 1 fully saturated rings. The normalized spacial score (nSPS) is 15.3. The van der Waals surface area contributed by atoms with Gasteiger partial charge in [-0.2, -0.15) is 0 Å². The number of fused-ring (bicyclic) bond motifs is 3. The molecule has 0 saturated carbocycles. The van der Waals surface area contributed by atoms with E-state index < -0.39 is 5.91 Å². The van der Waals surface area contributed by atoms with E-state index in [-0.39, 0.29) is 23.7 Å². The molecule has 5 rings (SSSR count). The van der Waals surface area contributed by atoms with Crippen LogP contribution in [0.25, 0.3) is 27.9 Å². The molecule has 0 aliphatic carbocycles. The Morgan fingerprint density at radius 2 is 1.70 bits per heavy atom. The maximum absolute atomic E-state index is 13.2. The molecule has 2 N–H and O–H groups in total. The monoisotopic (exact) mass is 435 g/mol. The number of Topliss-reactive ketones (excluding diaryl/α,β-unsaturated/α-hetero) is 1. The molecule has 0 bridgehead atoms. The summed E-state index contributed by atoms with van der Waals surface area (Å²) < 4.78 is 0. The number of nitrogens with one attached hydrogen (secondary N) is 2. The van der Waals surface area contributed by atoms with Gasteiger partial charge in [0.05, 0.1) is 12.0 Å². The smallest absolute Gasteiger partial charge is 0.259 e. The van der Waals surface area contributed by atoms with Crippen molar-refractivity contribution >= 4 is 51.2 Å². The molecule has 2 amide bonds. The van der Waals surface area contributed by atoms with Gasteiger partial charge in [0.15, 0.2) is 5.78 Å². The quantitative estimate of drug-likeness (QED) is 0.365. The van der Waals surface area contributed by atoms with Crippen LogP contribution < -0.4 is 10.2 Å². The highest BCUT2D eigenvalue weighted by atomic mass is 16.2. The van der Waals surface area contributed by atoms with E-state index in [9.17, 15) is 14.4 Å². The van der Waals surface area contributed by atoms with Crippen molar-refractivity contribution in [3.05, 3.63) is 95.7 Å². The summed E-state index contributed by atoms with van der Waals surface area (Å²) in [5.41, 5.74) is 4.52. The number of nitrogens with zero attached hydrogens (tertiary/aromatic N) is 1. The molecule has 6 heteroatoms. The molecule has 0 spiro atoms. The van der Waals surface area contributed by atoms with Gasteiger partial charge in [-0.25, -0.2) is 0 Å². The number of rotatable bonds is 3. The maximum Gasteiger partial charge on any atom is 0.259 e. The standard InChI is InChI=1S/C27H21N3O3/c1-16-13-25(31)22(26(32)28-16)14-17-7-10-19(11-8-17)30(2)27(33)18-9-12-24-21(15-18)20-5-3-4-6-23(20)29-24/h3-12,14-15,29H,1,13H2,2H3,(H,28,32)/b22-14+. The molecule has 3 aromatic carbocycles. The maximum atomic E-state index is 13.2. The first-order valence-corrected chi connectivity index (χ1v) is 10.5. The number of amides is 2. The zero-order chi connectivity index (χ0) is 23.1. The molecule has 162 valence electrons. The lowest BCUT2D eigenvalue weighted by molar-refractivity contribution is -0.123. The molecule has 1 aliphatic heterocycles. The zero-order valence-electron chi connectivity index (χ0n) is 18.0. The van der Waals surface area contributed by atoms with Crippen molar-refractivity contribution in [1.82, 2.24) is 10.3 Å². The molecule has 4 aromatic rings. The van der Waals surface area contributed by atoms with Crippen LogP contribution in [-0.4, -0.2) is 29.6 Å². The predicted octanol–water partition coefficient (Wildman–Crippen LogP) is 4.58. The fourth-order valence-corrected chi connectivity index (χ4v) is 4.09. The molecule has 0 unspecified atom stereocenters. The van der Waals surface area contributed by atoms with Gasteiger partial charge in [-0.15, -0.1) is 0 Å². The van der Waals surface area contributed by atoms with Gasteiger partial charge in [0.1, 0.15) is 0 Å². The lowest BCUT2D eigenvalue weighted by Crippen LogP contribution is -2.34. The van der Waals surface area contributed by atoms with Crippen LogP contribution in [0.2, 0.25) is 0 Å². The lowest BCUT2D eigenvalue weighted by atomic mass is 9.99. The zero-order valence-corrected chi connectivity index (χ0v) is 18.0. The summed E-state index contributed by atoms with van der Waals surface area (Å²) in [6.45, 7) is 3.64. The summed E-state index contributed by atoms with van der Waals surface area (Å²) in [6, 6.07) is 20.8. The van der Waals surface area contributed by atoms with Crippen molar-refractivity contribution < 1.29 is 14.4 Å². The lowest BCUT2D eigenvalue weighted by Gasteiger charge is -2.18. The van der Waals surface area contributed by atoms with Crippen LogP contribution in [0.4, 0.5) is 5.69 Å². The van der Waals surface area contributed by atoms with Crippen molar-refractivity contribution in [3.8, 4) is 0 Å². The Labute approximate surface area is 190 Å². The Morgan fingerprint density at radius 3 is 2.45 bits per heavy atom. The largest absolute Gasteiger partial charge is 0.355 e. The van der Waals surface area contributed by atoms with Gasteiger partial charge in [-0.3, -0.25) is 14.4 Å². The van der Waals surface area contributed by atoms with Crippen molar-refractivity contribution in [2.45, 2.75) is 6.42 Å². The number of hydrogen-bond donors (Lipinski definition) is 2. The summed E-state index contributed by atoms with van der Waals surface area (Å²) in [6.07, 6.45) is 1.66. The number of piperidine rings is 1. The van der Waals surface area contributed by atoms with Crippen LogP contribution in [-0.2, 0) is 9.59 Å². The molecule has 2 heterocycles. The van der Waals surface area contributed by atoms with E-state index in [4.69, 9.17) is 0 Å². The first-order chi connectivity index (χ1) is 15.9. The summed E-state index contributed by atoms with van der Waals surface area (Å²) >= 11 is 0. The minimum atomic E-state index is -0.444. The van der Waals surface area contributed by atoms with Gasteiger partial charge in [-0.1, -0.05) is 36.9 Å². The highest BCUT2D eigenvalue weighted by Gasteiger charge is 2.25. The van der Waals surface area contributed by atoms with Gasteiger partial charge in [0, 0.05) is 45.8 Å². The Morgan fingerprint density at radius 1 is 0.970 bits per heavy atom. The van der Waals surface area contributed by atoms with Gasteiger partial charge < -0.3 is 15.2 Å². The third kappa shape index (κ3) is 3.72. The van der Waals surface area contributed by atoms with E-state index in [1.807, 2.05) is 42.5 Å². The number of ketones is 1. The molecular weight excluding hydrogens is 414 g/mol. The van der Waals surface area contributed by atoms with Gasteiger partial charge >= 0.3 is 0 Å². The van der Waals surface area contributed by atoms with Crippen molar-refractivity contribution in [1.29, 1.82) is 0 Å². The number of aromatic amines is 1. The predicted molar refractivity (Wildman–Crippen MR) is 130 cm³/mol. The second-order valence-electron chi connectivity index (χ2n) is 8.10. The molecule has 33 heavy (non-hydrogen) atoms. The van der Waals surface area contributed by atoms with Crippen LogP contribution in [0.1, 0.15) is 22.3 Å². The van der Waals surface area contributed by atoms with Gasteiger partial charge in [0.25, 0.3) is 11.8 Å². The Hall–Kier alpha value is -4.45. The molecule has 1 aliphatic rings. The van der Waals surface area contributed by atoms with Gasteiger partial charge in [-0.05, 0) is 48.0 Å². The van der Waals surface area contributed by atoms with Crippen molar-refractivity contribution in [2.24, 2.45) is 0 Å². The Kier molecular flexibility index (Phi) is 4.90. The van der Waals surface area contributed by atoms with Crippen LogP contribution in [0, 0.1) is 0 Å². The molecule has 0 atom stereocenters. The molecule has 1 aromatic heterocycles. The number of aromatic nitrogens is 1. The number of benzene rings is 3. The minimum Gasteiger partial charge on any atom is -0.355 e. The van der Waals surface area contributed by atoms with Crippen LogP contribution >= 0.6 is 0 Å². The van der Waals surface area contributed by atoms with Gasteiger partial charge in [0.2, 0.25) is 0 Å². The van der Waals surface area contributed by atoms with E-state index in [2.05, 4.69) is 16.9 Å². The third-order valence-corrected chi connectivity index (χ3v) is 5.86. The summed E-state index contributed by atoms with van der Waals surface area (Å²) in [5.74, 6) is -0.832. The average molecular weight is 435 g/mol. The summed E-state index contributed by atoms with van der Waals surface area (Å²) in [5, 5.41) is 4.67. The van der Waals surface area contributed by atoms with Crippen molar-refractivity contribution in [3.63, 3.8) is 0 Å². The fourth-order valence-electron chi connectivity index (χ4n) is 4.09. The van der Waals surface area contributed by atoms with Crippen LogP contribution in [0.15, 0.2) is 84.6 Å². The van der Waals surface area contributed by atoms with Crippen LogP contribution in [0.5, 0.6) is 0 Å². The van der Waals surface area contributed by atoms with Crippen LogP contribution in [0.3, 0.4) is 0 Å². The Bertz CT molecular complexity index is 1470. The number of carbonyl (C=O) groups excluding carboxylic acids is 3. The molecule has 0 radical (unpaired) electrons. The minimum absolute atomic E-state index is 0.103. The number of para-hydroxylation sites is 1. The van der Waals surface area contributed by atoms with Crippen molar-refractivity contribution in [2.75, 3.05) is 11.9 Å². The topological polar surface area (TPSA) is 82.3 Å². The Balaban J connectivity index is 1.40. The number of anilines is 1. The second-order valence-corrected chi connectivity index (χ2v) is 8.10. The SMILES string of the molecule is C=C1CC(=O)/C(=C\c2ccc(N(C)C(=O)c3ccc4[nH]c5ccccc5c4c3)cc2)C(=O)N1. The molecule has 1 saturated heterocycles. The van der Waals surface area contributed by atoms with E-state index in [1.165, 1.54) is 0 Å². The number of carbonyl (C=O) groups is 3. The third-order valence-electron chi connectivity index (χ3n) is 5.86. The fraction of sp³-hybridized carbons (Fsp3) is 0.0741. The molecule has 6 nitrogen and oxygen atoms in total. The summed E-state index contributed by atoms with van der Waals surface area (Å²) in [7, 11) is 1.72. The average Bonchev–Trinajstić information content (AvgIpc) is 3.19. The van der Waals surface area contributed by atoms with E-state index in [0.717, 1.165) is 21.8 Å². The first kappa shape index (κ1) is 20.5. The number of hydrogen-bond acceptors (Lipinski definition) is 3.